The third kappa shape index (κ3) is 5.04. The summed E-state index contributed by atoms with van der Waals surface area (Å²) < 4.78 is 5.07. The Kier molecular flexibility index (Phi) is 6.17. The van der Waals surface area contributed by atoms with Crippen molar-refractivity contribution < 1.29 is 14.3 Å². The van der Waals surface area contributed by atoms with Crippen molar-refractivity contribution >= 4 is 23.2 Å². The average molecular weight is 365 g/mol. The minimum atomic E-state index is -0.502. The predicted octanol–water partition coefficient (Wildman–Crippen LogP) is 3.93. The molecule has 0 aliphatic heterocycles. The Morgan fingerprint density at radius 2 is 1.62 bits per heavy atom. The Balaban J connectivity index is 1.45. The van der Waals surface area contributed by atoms with E-state index in [1.165, 1.54) is 4.88 Å². The van der Waals surface area contributed by atoms with Crippen LogP contribution in [0.25, 0.3) is 11.1 Å². The van der Waals surface area contributed by atoms with E-state index < -0.39 is 5.97 Å². The summed E-state index contributed by atoms with van der Waals surface area (Å²) in [4.78, 5) is 25.0. The molecule has 0 radical (unpaired) electrons. The fourth-order valence-electron chi connectivity index (χ4n) is 2.47. The molecule has 3 aromatic rings. The van der Waals surface area contributed by atoms with Crippen molar-refractivity contribution in [3.8, 4) is 11.1 Å². The largest absolute Gasteiger partial charge is 0.452 e. The lowest BCUT2D eigenvalue weighted by atomic mass is 10.0. The molecule has 0 fully saturated rings. The highest BCUT2D eigenvalue weighted by Gasteiger charge is 2.10. The molecule has 1 heterocycles. The van der Waals surface area contributed by atoms with Gasteiger partial charge in [-0.3, -0.25) is 4.79 Å². The molecule has 5 heteroatoms. The number of amides is 1. The normalized spacial score (nSPS) is 10.3. The third-order valence-corrected chi connectivity index (χ3v) is 4.77. The Labute approximate surface area is 156 Å². The molecule has 0 spiro atoms. The zero-order valence-corrected chi connectivity index (χ0v) is 15.0. The van der Waals surface area contributed by atoms with Gasteiger partial charge in [-0.25, -0.2) is 4.79 Å². The van der Waals surface area contributed by atoms with Crippen LogP contribution in [0.4, 0.5) is 0 Å². The van der Waals surface area contributed by atoms with Crippen molar-refractivity contribution in [1.29, 1.82) is 0 Å². The van der Waals surface area contributed by atoms with Gasteiger partial charge in [-0.05, 0) is 41.1 Å². The second kappa shape index (κ2) is 8.97. The molecule has 0 aliphatic rings. The first-order chi connectivity index (χ1) is 12.7. The zero-order chi connectivity index (χ0) is 18.2. The van der Waals surface area contributed by atoms with Crippen molar-refractivity contribution in [3.05, 3.63) is 82.6 Å². The molecule has 0 aliphatic carbocycles. The van der Waals surface area contributed by atoms with Gasteiger partial charge in [0.1, 0.15) is 0 Å². The monoisotopic (exact) mass is 365 g/mol. The predicted molar refractivity (Wildman–Crippen MR) is 103 cm³/mol. The Morgan fingerprint density at radius 1 is 0.885 bits per heavy atom. The summed E-state index contributed by atoms with van der Waals surface area (Å²) in [5.41, 5.74) is 2.53. The SMILES string of the molecule is O=C(COC(=O)c1ccc(-c2ccccc2)cc1)NCCc1cccs1. The van der Waals surface area contributed by atoms with Gasteiger partial charge in [-0.15, -0.1) is 11.3 Å². The van der Waals surface area contributed by atoms with Crippen LogP contribution in [0.1, 0.15) is 15.2 Å². The molecule has 1 aromatic heterocycles. The second-order valence-corrected chi connectivity index (χ2v) is 6.73. The molecule has 1 N–H and O–H groups in total. The van der Waals surface area contributed by atoms with Crippen LogP contribution in [0.3, 0.4) is 0 Å². The van der Waals surface area contributed by atoms with E-state index >= 15 is 0 Å². The molecular formula is C21H19NO3S. The summed E-state index contributed by atoms with van der Waals surface area (Å²) in [7, 11) is 0. The van der Waals surface area contributed by atoms with E-state index in [0.29, 0.717) is 12.1 Å². The van der Waals surface area contributed by atoms with Crippen LogP contribution in [0.2, 0.25) is 0 Å². The molecular weight excluding hydrogens is 346 g/mol. The van der Waals surface area contributed by atoms with Gasteiger partial charge in [-0.2, -0.15) is 0 Å². The number of carbonyl (C=O) groups is 2. The van der Waals surface area contributed by atoms with Crippen molar-refractivity contribution in [2.75, 3.05) is 13.2 Å². The zero-order valence-electron chi connectivity index (χ0n) is 14.2. The molecule has 0 saturated heterocycles. The number of esters is 1. The molecule has 0 unspecified atom stereocenters. The Bertz CT molecular complexity index is 843. The van der Waals surface area contributed by atoms with Gasteiger partial charge in [0.15, 0.2) is 6.61 Å². The van der Waals surface area contributed by atoms with Crippen molar-refractivity contribution in [3.63, 3.8) is 0 Å². The van der Waals surface area contributed by atoms with Gasteiger partial charge < -0.3 is 10.1 Å². The molecule has 1 amide bonds. The lowest BCUT2D eigenvalue weighted by Crippen LogP contribution is -2.30. The Morgan fingerprint density at radius 3 is 2.31 bits per heavy atom. The van der Waals surface area contributed by atoms with Crippen LogP contribution in [0.15, 0.2) is 72.1 Å². The number of rotatable bonds is 7. The summed E-state index contributed by atoms with van der Waals surface area (Å²) in [6, 6.07) is 21.1. The molecule has 4 nitrogen and oxygen atoms in total. The molecule has 26 heavy (non-hydrogen) atoms. The number of thiophene rings is 1. The quantitative estimate of drug-likeness (QED) is 0.646. The summed E-state index contributed by atoms with van der Waals surface area (Å²) in [5, 5.41) is 4.75. The number of carbonyl (C=O) groups excluding carboxylic acids is 2. The molecule has 2 aromatic carbocycles. The molecule has 0 atom stereocenters. The van der Waals surface area contributed by atoms with Gasteiger partial charge in [0, 0.05) is 11.4 Å². The number of ether oxygens (including phenoxy) is 1. The van der Waals surface area contributed by atoms with Crippen LogP contribution < -0.4 is 5.32 Å². The fraction of sp³-hybridized carbons (Fsp3) is 0.143. The number of hydrogen-bond donors (Lipinski definition) is 1. The second-order valence-electron chi connectivity index (χ2n) is 5.70. The highest BCUT2D eigenvalue weighted by molar-refractivity contribution is 7.09. The summed E-state index contributed by atoms with van der Waals surface area (Å²) in [6.07, 6.45) is 0.776. The topological polar surface area (TPSA) is 55.4 Å². The molecule has 132 valence electrons. The van der Waals surface area contributed by atoms with E-state index in [2.05, 4.69) is 5.32 Å². The first-order valence-electron chi connectivity index (χ1n) is 8.34. The van der Waals surface area contributed by atoms with E-state index in [1.54, 1.807) is 23.5 Å². The smallest absolute Gasteiger partial charge is 0.338 e. The first kappa shape index (κ1) is 17.9. The van der Waals surface area contributed by atoms with Gasteiger partial charge in [-0.1, -0.05) is 48.5 Å². The standard InChI is InChI=1S/C21H19NO3S/c23-20(22-13-12-19-7-4-14-26-19)15-25-21(24)18-10-8-17(9-11-18)16-5-2-1-3-6-16/h1-11,14H,12-13,15H2,(H,22,23). The maximum atomic E-state index is 12.1. The summed E-state index contributed by atoms with van der Waals surface area (Å²) in [6.45, 7) is 0.256. The lowest BCUT2D eigenvalue weighted by molar-refractivity contribution is -0.124. The minimum absolute atomic E-state index is 0.274. The van der Waals surface area contributed by atoms with E-state index in [1.807, 2.05) is 60.0 Å². The van der Waals surface area contributed by atoms with E-state index in [-0.39, 0.29) is 12.5 Å². The van der Waals surface area contributed by atoms with Crippen LogP contribution >= 0.6 is 11.3 Å². The first-order valence-corrected chi connectivity index (χ1v) is 9.22. The molecule has 3 rings (SSSR count). The molecule has 0 saturated carbocycles. The Hall–Kier alpha value is -2.92. The van der Waals surface area contributed by atoms with Gasteiger partial charge in [0.25, 0.3) is 5.91 Å². The van der Waals surface area contributed by atoms with Crippen molar-refractivity contribution in [2.24, 2.45) is 0 Å². The summed E-state index contributed by atoms with van der Waals surface area (Å²) in [5.74, 6) is -0.797. The van der Waals surface area contributed by atoms with Crippen LogP contribution in [-0.2, 0) is 16.0 Å². The van der Waals surface area contributed by atoms with Crippen LogP contribution in [0, 0.1) is 0 Å². The molecule has 0 bridgehead atoms. The maximum Gasteiger partial charge on any atom is 0.338 e. The van der Waals surface area contributed by atoms with E-state index in [4.69, 9.17) is 4.74 Å². The maximum absolute atomic E-state index is 12.1. The van der Waals surface area contributed by atoms with Gasteiger partial charge >= 0.3 is 5.97 Å². The highest BCUT2D eigenvalue weighted by atomic mass is 32.1. The fourth-order valence-corrected chi connectivity index (χ4v) is 3.18. The minimum Gasteiger partial charge on any atom is -0.452 e. The number of nitrogens with one attached hydrogen (secondary N) is 1. The van der Waals surface area contributed by atoms with Crippen molar-refractivity contribution in [1.82, 2.24) is 5.32 Å². The van der Waals surface area contributed by atoms with E-state index in [0.717, 1.165) is 17.5 Å². The average Bonchev–Trinajstić information content (AvgIpc) is 3.20. The van der Waals surface area contributed by atoms with Gasteiger partial charge in [0.2, 0.25) is 0 Å². The lowest BCUT2D eigenvalue weighted by Gasteiger charge is -2.07. The highest BCUT2D eigenvalue weighted by Crippen LogP contribution is 2.19. The number of hydrogen-bond acceptors (Lipinski definition) is 4. The van der Waals surface area contributed by atoms with Gasteiger partial charge in [0.05, 0.1) is 5.56 Å². The van der Waals surface area contributed by atoms with Crippen LogP contribution in [0.5, 0.6) is 0 Å². The van der Waals surface area contributed by atoms with Crippen LogP contribution in [-0.4, -0.2) is 25.0 Å². The van der Waals surface area contributed by atoms with E-state index in [9.17, 15) is 9.59 Å². The summed E-state index contributed by atoms with van der Waals surface area (Å²) >= 11 is 1.65. The number of benzene rings is 2. The third-order valence-electron chi connectivity index (χ3n) is 3.84. The van der Waals surface area contributed by atoms with Crippen molar-refractivity contribution in [2.45, 2.75) is 6.42 Å².